The van der Waals surface area contributed by atoms with Gasteiger partial charge in [0.2, 0.25) is 5.91 Å². The van der Waals surface area contributed by atoms with E-state index in [2.05, 4.69) is 35.7 Å². The molecule has 2 aromatic rings. The van der Waals surface area contributed by atoms with Crippen molar-refractivity contribution in [3.63, 3.8) is 0 Å². The van der Waals surface area contributed by atoms with Gasteiger partial charge >= 0.3 is 5.91 Å². The molecule has 4 rings (SSSR count). The lowest BCUT2D eigenvalue weighted by Crippen LogP contribution is -2.53. The third-order valence-electron chi connectivity index (χ3n) is 5.62. The van der Waals surface area contributed by atoms with Crippen molar-refractivity contribution in [2.45, 2.75) is 37.8 Å². The average molecular weight is 462 g/mol. The Labute approximate surface area is 188 Å². The van der Waals surface area contributed by atoms with Gasteiger partial charge in [0.05, 0.1) is 5.54 Å². The van der Waals surface area contributed by atoms with E-state index in [1.54, 1.807) is 11.0 Å². The molecule has 4 heterocycles. The number of aryl methyl sites for hydroxylation is 1. The van der Waals surface area contributed by atoms with Crippen LogP contribution in [0.4, 0.5) is 11.6 Å². The highest BCUT2D eigenvalue weighted by molar-refractivity contribution is 6.31. The Morgan fingerprint density at radius 2 is 2.00 bits per heavy atom. The molecule has 2 fully saturated rings. The summed E-state index contributed by atoms with van der Waals surface area (Å²) in [4.78, 5) is 42.5. The van der Waals surface area contributed by atoms with Gasteiger partial charge in [-0.25, -0.2) is 15.0 Å². The molecular formula is C18H24ClN11O2. The van der Waals surface area contributed by atoms with E-state index >= 15 is 0 Å². The van der Waals surface area contributed by atoms with Gasteiger partial charge in [0.15, 0.2) is 28.4 Å². The molecule has 0 saturated carbocycles. The Morgan fingerprint density at radius 1 is 1.22 bits per heavy atom. The van der Waals surface area contributed by atoms with Crippen LogP contribution in [0.15, 0.2) is 17.6 Å². The summed E-state index contributed by atoms with van der Waals surface area (Å²) in [5.74, 6) is -0.404. The molecular weight excluding hydrogens is 438 g/mol. The summed E-state index contributed by atoms with van der Waals surface area (Å²) in [6, 6.07) is 0. The number of anilines is 2. The number of hydrogen-bond donors (Lipinski definition) is 4. The highest BCUT2D eigenvalue weighted by Gasteiger charge is 2.40. The van der Waals surface area contributed by atoms with Crippen LogP contribution in [0, 0.1) is 0 Å². The molecule has 32 heavy (non-hydrogen) atoms. The first-order valence-electron chi connectivity index (χ1n) is 10.2. The van der Waals surface area contributed by atoms with Gasteiger partial charge in [0.25, 0.3) is 0 Å². The lowest BCUT2D eigenvalue weighted by Gasteiger charge is -2.38. The van der Waals surface area contributed by atoms with E-state index < -0.39 is 5.91 Å². The van der Waals surface area contributed by atoms with Crippen molar-refractivity contribution in [3.8, 4) is 0 Å². The predicted octanol–water partition coefficient (Wildman–Crippen LogP) is -0.583. The van der Waals surface area contributed by atoms with Gasteiger partial charge in [0.1, 0.15) is 12.7 Å². The second-order valence-electron chi connectivity index (χ2n) is 7.80. The first-order valence-corrected chi connectivity index (χ1v) is 10.6. The number of piperidine rings is 1. The zero-order chi connectivity index (χ0) is 22.7. The van der Waals surface area contributed by atoms with Gasteiger partial charge in [0, 0.05) is 32.6 Å². The highest BCUT2D eigenvalue weighted by Crippen LogP contribution is 2.25. The van der Waals surface area contributed by atoms with Gasteiger partial charge in [-0.2, -0.15) is 10.1 Å². The van der Waals surface area contributed by atoms with Crippen LogP contribution in [0.25, 0.3) is 0 Å². The van der Waals surface area contributed by atoms with Crippen LogP contribution in [0.5, 0.6) is 0 Å². The average Bonchev–Trinajstić information content (AvgIpc) is 3.41. The molecule has 14 heteroatoms. The minimum Gasteiger partial charge on any atom is -0.382 e. The van der Waals surface area contributed by atoms with Crippen LogP contribution in [0.2, 0.25) is 5.15 Å². The fourth-order valence-corrected chi connectivity index (χ4v) is 3.92. The summed E-state index contributed by atoms with van der Waals surface area (Å²) in [5, 5.41) is 10.3. The van der Waals surface area contributed by atoms with Crippen molar-refractivity contribution >= 4 is 41.0 Å². The van der Waals surface area contributed by atoms with Crippen LogP contribution < -0.4 is 22.1 Å². The van der Waals surface area contributed by atoms with E-state index in [0.29, 0.717) is 45.0 Å². The molecule has 2 saturated heterocycles. The molecule has 170 valence electrons. The van der Waals surface area contributed by atoms with Gasteiger partial charge in [-0.1, -0.05) is 11.6 Å². The zero-order valence-electron chi connectivity index (χ0n) is 17.3. The quantitative estimate of drug-likeness (QED) is 0.449. The number of amides is 2. The van der Waals surface area contributed by atoms with Crippen molar-refractivity contribution < 1.29 is 9.59 Å². The molecule has 0 aromatic carbocycles. The number of nitrogens with zero attached hydrogens (tertiary/aromatic N) is 7. The van der Waals surface area contributed by atoms with Crippen LogP contribution in [-0.2, 0) is 11.3 Å². The third kappa shape index (κ3) is 4.72. The second kappa shape index (κ2) is 8.94. The van der Waals surface area contributed by atoms with Crippen molar-refractivity contribution in [2.75, 3.05) is 31.1 Å². The minimum absolute atomic E-state index is 0.0517. The van der Waals surface area contributed by atoms with Crippen LogP contribution >= 0.6 is 11.6 Å². The van der Waals surface area contributed by atoms with Crippen LogP contribution in [-0.4, -0.2) is 72.6 Å². The van der Waals surface area contributed by atoms with Crippen molar-refractivity contribution in [3.05, 3.63) is 23.5 Å². The standard InChI is InChI=1S/C18H24ClN11O2/c19-13-15(21)26-14(20)12(25-13)16(32)27-17-23-8-18(28-17)3-6-29(7-4-18)11(31)2-1-5-30-10-22-9-24-30/h9-10H,1-8H2,(H4,20,21,26)(H2,23,27,28,32). The smallest absolute Gasteiger partial charge is 0.302 e. The number of nitrogens with two attached hydrogens (primary N) is 2. The first-order chi connectivity index (χ1) is 15.3. The van der Waals surface area contributed by atoms with E-state index in [4.69, 9.17) is 23.1 Å². The predicted molar refractivity (Wildman–Crippen MR) is 117 cm³/mol. The van der Waals surface area contributed by atoms with Crippen molar-refractivity contribution in [1.82, 2.24) is 40.3 Å². The molecule has 0 radical (unpaired) electrons. The van der Waals surface area contributed by atoms with E-state index in [1.165, 1.54) is 6.33 Å². The number of aliphatic imine (C=N–C) groups is 1. The molecule has 13 nitrogen and oxygen atoms in total. The van der Waals surface area contributed by atoms with Crippen molar-refractivity contribution in [1.29, 1.82) is 0 Å². The molecule has 2 aliphatic heterocycles. The fraction of sp³-hybridized carbons (Fsp3) is 0.500. The van der Waals surface area contributed by atoms with E-state index in [1.807, 2.05) is 4.90 Å². The van der Waals surface area contributed by atoms with E-state index in [-0.39, 0.29) is 33.9 Å². The molecule has 2 aliphatic rings. The molecule has 0 bridgehead atoms. The Kier molecular flexibility index (Phi) is 6.08. The maximum atomic E-state index is 12.5. The zero-order valence-corrected chi connectivity index (χ0v) is 18.0. The molecule has 2 aromatic heterocycles. The van der Waals surface area contributed by atoms with Gasteiger partial charge < -0.3 is 27.0 Å². The van der Waals surface area contributed by atoms with Gasteiger partial charge in [-0.05, 0) is 19.3 Å². The Bertz CT molecular complexity index is 1030. The summed E-state index contributed by atoms with van der Waals surface area (Å²) in [6.07, 6.45) is 5.76. The molecule has 2 amide bonds. The molecule has 0 unspecified atom stereocenters. The Balaban J connectivity index is 1.29. The van der Waals surface area contributed by atoms with Gasteiger partial charge in [-0.3, -0.25) is 14.3 Å². The maximum Gasteiger partial charge on any atom is 0.302 e. The monoisotopic (exact) mass is 461 g/mol. The highest BCUT2D eigenvalue weighted by atomic mass is 35.5. The number of halogens is 1. The first kappa shape index (κ1) is 21.7. The number of aromatic nitrogens is 5. The lowest BCUT2D eigenvalue weighted by molar-refractivity contribution is -0.132. The minimum atomic E-state index is -0.677. The summed E-state index contributed by atoms with van der Waals surface area (Å²) >= 11 is 5.83. The summed E-state index contributed by atoms with van der Waals surface area (Å²) in [7, 11) is 0. The third-order valence-corrected chi connectivity index (χ3v) is 5.89. The molecule has 1 spiro atoms. The SMILES string of the molecule is Nc1nc(N)c(C(=O)/N=C2\NCC3(CCN(C(=O)CCCn4cncn4)CC3)N2)nc1Cl. The number of hydrogen-bond acceptors (Lipinski definition) is 8. The normalized spacial score (nSPS) is 18.5. The summed E-state index contributed by atoms with van der Waals surface area (Å²) in [6.45, 7) is 2.52. The van der Waals surface area contributed by atoms with Crippen molar-refractivity contribution in [2.24, 2.45) is 4.99 Å². The summed E-state index contributed by atoms with van der Waals surface area (Å²) < 4.78 is 1.71. The number of guanidine groups is 1. The molecule has 6 N–H and O–H groups in total. The number of likely N-dealkylation sites (tertiary alicyclic amines) is 1. The molecule has 0 atom stereocenters. The lowest BCUT2D eigenvalue weighted by atomic mass is 9.88. The Hall–Kier alpha value is -3.48. The summed E-state index contributed by atoms with van der Waals surface area (Å²) in [5.41, 5.74) is 10.8. The number of nitrogen functional groups attached to an aromatic ring is 2. The number of nitrogens with one attached hydrogen (secondary N) is 2. The number of carbonyl (C=O) groups is 2. The van der Waals surface area contributed by atoms with Gasteiger partial charge in [-0.15, -0.1) is 0 Å². The fourth-order valence-electron chi connectivity index (χ4n) is 3.80. The maximum absolute atomic E-state index is 12.5. The number of carbonyl (C=O) groups excluding carboxylic acids is 2. The number of rotatable bonds is 5. The van der Waals surface area contributed by atoms with Crippen LogP contribution in [0.1, 0.15) is 36.2 Å². The molecule has 0 aliphatic carbocycles. The van der Waals surface area contributed by atoms with E-state index in [9.17, 15) is 9.59 Å². The van der Waals surface area contributed by atoms with E-state index in [0.717, 1.165) is 12.8 Å². The topological polar surface area (TPSA) is 182 Å². The second-order valence-corrected chi connectivity index (χ2v) is 8.16. The van der Waals surface area contributed by atoms with Crippen LogP contribution in [0.3, 0.4) is 0 Å². The largest absolute Gasteiger partial charge is 0.382 e. The Morgan fingerprint density at radius 3 is 2.72 bits per heavy atom.